The van der Waals surface area contributed by atoms with Crippen molar-refractivity contribution in [3.63, 3.8) is 0 Å². The Morgan fingerprint density at radius 1 is 1.39 bits per heavy atom. The summed E-state index contributed by atoms with van der Waals surface area (Å²) in [6.07, 6.45) is 2.53. The third kappa shape index (κ3) is 4.33. The highest BCUT2D eigenvalue weighted by Crippen LogP contribution is 2.07. The molecular formula is C13H22N4O. The average molecular weight is 250 g/mol. The van der Waals surface area contributed by atoms with Gasteiger partial charge < -0.3 is 15.5 Å². The molecule has 1 aromatic heterocycles. The number of hydrogen-bond donors (Lipinski definition) is 1. The molecule has 0 aliphatic rings. The molecule has 0 aliphatic carbocycles. The van der Waals surface area contributed by atoms with E-state index >= 15 is 0 Å². The van der Waals surface area contributed by atoms with Gasteiger partial charge in [-0.15, -0.1) is 0 Å². The number of hydrogen-bond acceptors (Lipinski definition) is 4. The first-order chi connectivity index (χ1) is 8.54. The van der Waals surface area contributed by atoms with E-state index < -0.39 is 0 Å². The minimum absolute atomic E-state index is 0.0188. The van der Waals surface area contributed by atoms with Crippen LogP contribution in [0.4, 0.5) is 5.82 Å². The van der Waals surface area contributed by atoms with E-state index in [9.17, 15) is 4.79 Å². The maximum atomic E-state index is 12.2. The monoisotopic (exact) mass is 250 g/mol. The average Bonchev–Trinajstić information content (AvgIpc) is 2.33. The van der Waals surface area contributed by atoms with Gasteiger partial charge in [-0.05, 0) is 46.1 Å². The molecule has 0 unspecified atom stereocenters. The van der Waals surface area contributed by atoms with Crippen LogP contribution in [0.3, 0.4) is 0 Å². The summed E-state index contributed by atoms with van der Waals surface area (Å²) in [4.78, 5) is 20.1. The SMILES string of the molecule is CCN(CCCN(C)C)C(=O)c1ccnc(N)c1. The first-order valence-electron chi connectivity index (χ1n) is 6.20. The van der Waals surface area contributed by atoms with Gasteiger partial charge in [0.15, 0.2) is 0 Å². The summed E-state index contributed by atoms with van der Waals surface area (Å²) in [5.41, 5.74) is 6.20. The Balaban J connectivity index is 2.62. The number of rotatable bonds is 6. The van der Waals surface area contributed by atoms with Gasteiger partial charge in [0.1, 0.15) is 5.82 Å². The third-order valence-corrected chi connectivity index (χ3v) is 2.73. The van der Waals surface area contributed by atoms with Crippen molar-refractivity contribution in [1.82, 2.24) is 14.8 Å². The van der Waals surface area contributed by atoms with Crippen molar-refractivity contribution in [3.05, 3.63) is 23.9 Å². The topological polar surface area (TPSA) is 62.5 Å². The standard InChI is InChI=1S/C13H22N4O/c1-4-17(9-5-8-16(2)3)13(18)11-6-7-15-12(14)10-11/h6-7,10H,4-5,8-9H2,1-3H3,(H2,14,15). The van der Waals surface area contributed by atoms with Crippen molar-refractivity contribution in [3.8, 4) is 0 Å². The lowest BCUT2D eigenvalue weighted by Crippen LogP contribution is -2.33. The number of nitrogens with zero attached hydrogens (tertiary/aromatic N) is 3. The van der Waals surface area contributed by atoms with Crippen molar-refractivity contribution >= 4 is 11.7 Å². The molecule has 0 saturated heterocycles. The van der Waals surface area contributed by atoms with E-state index in [2.05, 4.69) is 9.88 Å². The van der Waals surface area contributed by atoms with Crippen LogP contribution in [0.1, 0.15) is 23.7 Å². The Kier molecular flexibility index (Phi) is 5.58. The zero-order chi connectivity index (χ0) is 13.5. The zero-order valence-corrected chi connectivity index (χ0v) is 11.4. The Morgan fingerprint density at radius 2 is 2.11 bits per heavy atom. The highest BCUT2D eigenvalue weighted by atomic mass is 16.2. The van der Waals surface area contributed by atoms with Crippen molar-refractivity contribution in [1.29, 1.82) is 0 Å². The molecule has 5 nitrogen and oxygen atoms in total. The molecule has 18 heavy (non-hydrogen) atoms. The lowest BCUT2D eigenvalue weighted by molar-refractivity contribution is 0.0759. The Labute approximate surface area is 109 Å². The number of pyridine rings is 1. The van der Waals surface area contributed by atoms with Crippen LogP contribution in [0.15, 0.2) is 18.3 Å². The van der Waals surface area contributed by atoms with Gasteiger partial charge in [-0.25, -0.2) is 4.98 Å². The molecule has 0 fully saturated rings. The summed E-state index contributed by atoms with van der Waals surface area (Å²) < 4.78 is 0. The second-order valence-corrected chi connectivity index (χ2v) is 4.51. The predicted octanol–water partition coefficient (Wildman–Crippen LogP) is 1.08. The van der Waals surface area contributed by atoms with Crippen molar-refractivity contribution in [2.45, 2.75) is 13.3 Å². The first kappa shape index (κ1) is 14.4. The highest BCUT2D eigenvalue weighted by molar-refractivity contribution is 5.94. The van der Waals surface area contributed by atoms with Crippen LogP contribution in [0.5, 0.6) is 0 Å². The number of nitrogen functional groups attached to an aromatic ring is 1. The van der Waals surface area contributed by atoms with Gasteiger partial charge in [0.25, 0.3) is 5.91 Å². The van der Waals surface area contributed by atoms with Gasteiger partial charge in [0.2, 0.25) is 0 Å². The molecular weight excluding hydrogens is 228 g/mol. The van der Waals surface area contributed by atoms with E-state index in [4.69, 9.17) is 5.73 Å². The predicted molar refractivity (Wildman–Crippen MR) is 73.4 cm³/mol. The lowest BCUT2D eigenvalue weighted by atomic mass is 10.2. The fourth-order valence-electron chi connectivity index (χ4n) is 1.75. The van der Waals surface area contributed by atoms with Crippen LogP contribution >= 0.6 is 0 Å². The summed E-state index contributed by atoms with van der Waals surface area (Å²) in [7, 11) is 4.06. The molecule has 0 spiro atoms. The van der Waals surface area contributed by atoms with Crippen LogP contribution in [0.2, 0.25) is 0 Å². The number of anilines is 1. The fraction of sp³-hybridized carbons (Fsp3) is 0.538. The number of carbonyl (C=O) groups is 1. The Hall–Kier alpha value is -1.62. The van der Waals surface area contributed by atoms with Gasteiger partial charge in [0.05, 0.1) is 0 Å². The second kappa shape index (κ2) is 6.96. The van der Waals surface area contributed by atoms with Crippen molar-refractivity contribution in [2.24, 2.45) is 0 Å². The molecule has 100 valence electrons. The smallest absolute Gasteiger partial charge is 0.254 e. The Bertz CT molecular complexity index is 392. The van der Waals surface area contributed by atoms with Crippen LogP contribution in [-0.2, 0) is 0 Å². The molecule has 1 rings (SSSR count). The van der Waals surface area contributed by atoms with Crippen molar-refractivity contribution in [2.75, 3.05) is 39.5 Å². The quantitative estimate of drug-likeness (QED) is 0.820. The van der Waals surface area contributed by atoms with E-state index in [0.717, 1.165) is 19.5 Å². The van der Waals surface area contributed by atoms with E-state index in [1.54, 1.807) is 18.3 Å². The lowest BCUT2D eigenvalue weighted by Gasteiger charge is -2.22. The van der Waals surface area contributed by atoms with Gasteiger partial charge in [-0.1, -0.05) is 0 Å². The maximum absolute atomic E-state index is 12.2. The number of amides is 1. The van der Waals surface area contributed by atoms with E-state index in [1.165, 1.54) is 0 Å². The van der Waals surface area contributed by atoms with Crippen LogP contribution < -0.4 is 5.73 Å². The minimum Gasteiger partial charge on any atom is -0.384 e. The number of aromatic nitrogens is 1. The molecule has 2 N–H and O–H groups in total. The molecule has 0 radical (unpaired) electrons. The van der Waals surface area contributed by atoms with Crippen LogP contribution in [-0.4, -0.2) is 54.4 Å². The second-order valence-electron chi connectivity index (χ2n) is 4.51. The normalized spacial score (nSPS) is 10.7. The summed E-state index contributed by atoms with van der Waals surface area (Å²) >= 11 is 0. The maximum Gasteiger partial charge on any atom is 0.254 e. The first-order valence-corrected chi connectivity index (χ1v) is 6.20. The Morgan fingerprint density at radius 3 is 2.67 bits per heavy atom. The van der Waals surface area contributed by atoms with Gasteiger partial charge >= 0.3 is 0 Å². The van der Waals surface area contributed by atoms with Crippen LogP contribution in [0, 0.1) is 0 Å². The summed E-state index contributed by atoms with van der Waals surface area (Å²) in [6, 6.07) is 3.32. The molecule has 5 heteroatoms. The molecule has 1 aromatic rings. The summed E-state index contributed by atoms with van der Waals surface area (Å²) in [6.45, 7) is 4.42. The molecule has 0 aliphatic heterocycles. The third-order valence-electron chi connectivity index (χ3n) is 2.73. The molecule has 0 saturated carbocycles. The number of nitrogens with two attached hydrogens (primary N) is 1. The van der Waals surface area contributed by atoms with Crippen LogP contribution in [0.25, 0.3) is 0 Å². The minimum atomic E-state index is 0.0188. The van der Waals surface area contributed by atoms with Crippen molar-refractivity contribution < 1.29 is 4.79 Å². The summed E-state index contributed by atoms with van der Waals surface area (Å²) in [5, 5.41) is 0. The van der Waals surface area contributed by atoms with Gasteiger partial charge in [-0.2, -0.15) is 0 Å². The van der Waals surface area contributed by atoms with E-state index in [1.807, 2.05) is 25.9 Å². The fourth-order valence-corrected chi connectivity index (χ4v) is 1.75. The highest BCUT2D eigenvalue weighted by Gasteiger charge is 2.14. The van der Waals surface area contributed by atoms with E-state index in [0.29, 0.717) is 17.9 Å². The summed E-state index contributed by atoms with van der Waals surface area (Å²) in [5.74, 6) is 0.399. The molecule has 0 atom stereocenters. The van der Waals surface area contributed by atoms with Gasteiger partial charge in [0, 0.05) is 24.8 Å². The number of carbonyl (C=O) groups excluding carboxylic acids is 1. The van der Waals surface area contributed by atoms with E-state index in [-0.39, 0.29) is 5.91 Å². The molecule has 0 aromatic carbocycles. The van der Waals surface area contributed by atoms with Gasteiger partial charge in [-0.3, -0.25) is 4.79 Å². The molecule has 1 amide bonds. The largest absolute Gasteiger partial charge is 0.384 e. The zero-order valence-electron chi connectivity index (χ0n) is 11.4. The molecule has 0 bridgehead atoms. The molecule has 1 heterocycles.